The predicted molar refractivity (Wildman–Crippen MR) is 131 cm³/mol. The van der Waals surface area contributed by atoms with Crippen LogP contribution in [0.1, 0.15) is 49.1 Å². The average molecular weight is 475 g/mol. The first kappa shape index (κ1) is 23.1. The van der Waals surface area contributed by atoms with Gasteiger partial charge in [-0.25, -0.2) is 9.59 Å². The fraction of sp³-hybridized carbons (Fsp3) is 0.393. The number of nitrogens with one attached hydrogen (secondary N) is 2. The SMILES string of the molecule is O=C(NCC(C(=O)NC1CC=C(C(=O)O)C1)C1CCC1)OCC1c2ccccc2-c2ccccc21. The Bertz CT molecular complexity index is 1120. The standard InChI is InChI=1S/C28H30N2O5/c31-26(30-19-13-12-18(14-19)27(32)33)24(17-6-5-7-17)15-29-28(34)35-16-25-22-10-3-1-8-20(22)21-9-2-4-11-23(21)25/h1-4,8-12,17,19,24-25H,5-7,13-16H2,(H,29,34)(H,30,31)(H,32,33). The predicted octanol–water partition coefficient (Wildman–Crippen LogP) is 4.23. The van der Waals surface area contributed by atoms with E-state index in [1.807, 2.05) is 24.3 Å². The molecule has 2 aromatic rings. The molecule has 0 radical (unpaired) electrons. The Kier molecular flexibility index (Phi) is 6.57. The zero-order chi connectivity index (χ0) is 24.4. The minimum Gasteiger partial charge on any atom is -0.478 e. The summed E-state index contributed by atoms with van der Waals surface area (Å²) in [7, 11) is 0. The number of carbonyl (C=O) groups is 3. The molecule has 2 atom stereocenters. The van der Waals surface area contributed by atoms with Crippen molar-refractivity contribution in [3.8, 4) is 11.1 Å². The molecule has 0 aliphatic heterocycles. The van der Waals surface area contributed by atoms with E-state index in [-0.39, 0.29) is 42.9 Å². The maximum Gasteiger partial charge on any atom is 0.407 e. The average Bonchev–Trinajstić information content (AvgIpc) is 3.42. The maximum absolute atomic E-state index is 13.0. The van der Waals surface area contributed by atoms with Gasteiger partial charge in [-0.05, 0) is 53.9 Å². The zero-order valence-electron chi connectivity index (χ0n) is 19.5. The van der Waals surface area contributed by atoms with Crippen LogP contribution in [-0.4, -0.2) is 42.3 Å². The van der Waals surface area contributed by atoms with Gasteiger partial charge in [-0.1, -0.05) is 61.0 Å². The topological polar surface area (TPSA) is 105 Å². The van der Waals surface area contributed by atoms with Crippen molar-refractivity contribution in [3.63, 3.8) is 0 Å². The molecule has 35 heavy (non-hydrogen) atoms. The van der Waals surface area contributed by atoms with E-state index in [1.165, 1.54) is 11.1 Å². The molecule has 3 aliphatic rings. The van der Waals surface area contributed by atoms with E-state index < -0.39 is 12.1 Å². The second-order valence-corrected chi connectivity index (χ2v) is 9.68. The van der Waals surface area contributed by atoms with Crippen LogP contribution in [0.2, 0.25) is 0 Å². The van der Waals surface area contributed by atoms with E-state index in [1.54, 1.807) is 6.08 Å². The third kappa shape index (κ3) is 4.81. The van der Waals surface area contributed by atoms with Crippen LogP contribution < -0.4 is 10.6 Å². The molecular weight excluding hydrogens is 444 g/mol. The Hall–Kier alpha value is -3.61. The lowest BCUT2D eigenvalue weighted by molar-refractivity contribution is -0.133. The number of carboxylic acid groups (broad SMARTS) is 1. The lowest BCUT2D eigenvalue weighted by Crippen LogP contribution is -2.47. The summed E-state index contributed by atoms with van der Waals surface area (Å²) >= 11 is 0. The van der Waals surface area contributed by atoms with Crippen molar-refractivity contribution in [2.24, 2.45) is 11.8 Å². The summed E-state index contributed by atoms with van der Waals surface area (Å²) < 4.78 is 5.62. The molecule has 0 bridgehead atoms. The maximum atomic E-state index is 13.0. The molecular formula is C28H30N2O5. The van der Waals surface area contributed by atoms with E-state index in [9.17, 15) is 14.4 Å². The van der Waals surface area contributed by atoms with Gasteiger partial charge in [0.25, 0.3) is 0 Å². The minimum atomic E-state index is -0.936. The molecule has 7 nitrogen and oxygen atoms in total. The summed E-state index contributed by atoms with van der Waals surface area (Å²) in [6.45, 7) is 0.435. The molecule has 2 amide bonds. The molecule has 5 rings (SSSR count). The first-order chi connectivity index (χ1) is 17.0. The highest BCUT2D eigenvalue weighted by Gasteiger charge is 2.35. The van der Waals surface area contributed by atoms with Crippen molar-refractivity contribution >= 4 is 18.0 Å². The van der Waals surface area contributed by atoms with Crippen LogP contribution in [-0.2, 0) is 14.3 Å². The number of aliphatic carboxylic acids is 1. The van der Waals surface area contributed by atoms with Crippen molar-refractivity contribution < 1.29 is 24.2 Å². The van der Waals surface area contributed by atoms with E-state index in [0.29, 0.717) is 18.4 Å². The van der Waals surface area contributed by atoms with Crippen LogP contribution in [0.5, 0.6) is 0 Å². The van der Waals surface area contributed by atoms with Crippen LogP contribution >= 0.6 is 0 Å². The number of fused-ring (bicyclic) bond motifs is 3. The molecule has 0 aromatic heterocycles. The summed E-state index contributed by atoms with van der Waals surface area (Å²) in [5.74, 6) is -1.21. The van der Waals surface area contributed by atoms with Gasteiger partial charge in [0.1, 0.15) is 6.61 Å². The number of amides is 2. The summed E-state index contributed by atoms with van der Waals surface area (Å²) in [5.41, 5.74) is 4.99. The Morgan fingerprint density at radius 1 is 1.00 bits per heavy atom. The largest absolute Gasteiger partial charge is 0.478 e. The van der Waals surface area contributed by atoms with Gasteiger partial charge in [-0.2, -0.15) is 0 Å². The van der Waals surface area contributed by atoms with Crippen LogP contribution in [0.4, 0.5) is 4.79 Å². The summed E-state index contributed by atoms with van der Waals surface area (Å²) in [5, 5.41) is 14.9. The van der Waals surface area contributed by atoms with E-state index in [0.717, 1.165) is 30.4 Å². The van der Waals surface area contributed by atoms with Gasteiger partial charge in [-0.3, -0.25) is 4.79 Å². The number of carboxylic acids is 1. The fourth-order valence-corrected chi connectivity index (χ4v) is 5.47. The molecule has 0 heterocycles. The van der Waals surface area contributed by atoms with Gasteiger partial charge < -0.3 is 20.5 Å². The van der Waals surface area contributed by atoms with Gasteiger partial charge >= 0.3 is 12.1 Å². The molecule has 7 heteroatoms. The smallest absolute Gasteiger partial charge is 0.407 e. The molecule has 1 saturated carbocycles. The fourth-order valence-electron chi connectivity index (χ4n) is 5.47. The van der Waals surface area contributed by atoms with Crippen LogP contribution in [0.25, 0.3) is 11.1 Å². The zero-order valence-corrected chi connectivity index (χ0v) is 19.5. The third-order valence-corrected chi connectivity index (χ3v) is 7.60. The van der Waals surface area contributed by atoms with Crippen molar-refractivity contribution in [3.05, 3.63) is 71.3 Å². The summed E-state index contributed by atoms with van der Waals surface area (Å²) in [4.78, 5) is 36.8. The van der Waals surface area contributed by atoms with E-state index >= 15 is 0 Å². The highest BCUT2D eigenvalue weighted by molar-refractivity contribution is 5.88. The summed E-state index contributed by atoms with van der Waals surface area (Å²) in [6, 6.07) is 16.2. The van der Waals surface area contributed by atoms with Crippen molar-refractivity contribution in [1.29, 1.82) is 0 Å². The van der Waals surface area contributed by atoms with Gasteiger partial charge in [-0.15, -0.1) is 0 Å². The number of carbonyl (C=O) groups excluding carboxylic acids is 2. The highest BCUT2D eigenvalue weighted by Crippen LogP contribution is 2.44. The quantitative estimate of drug-likeness (QED) is 0.531. The first-order valence-corrected chi connectivity index (χ1v) is 12.3. The number of alkyl carbamates (subject to hydrolysis) is 1. The highest BCUT2D eigenvalue weighted by atomic mass is 16.5. The molecule has 2 unspecified atom stereocenters. The van der Waals surface area contributed by atoms with Gasteiger partial charge in [0.2, 0.25) is 5.91 Å². The Balaban J connectivity index is 1.16. The van der Waals surface area contributed by atoms with Crippen molar-refractivity contribution in [1.82, 2.24) is 10.6 Å². The van der Waals surface area contributed by atoms with E-state index in [4.69, 9.17) is 9.84 Å². The number of benzene rings is 2. The number of rotatable bonds is 8. The Labute approximate surface area is 204 Å². The molecule has 182 valence electrons. The third-order valence-electron chi connectivity index (χ3n) is 7.60. The van der Waals surface area contributed by atoms with Gasteiger partial charge in [0, 0.05) is 24.1 Å². The Morgan fingerprint density at radius 2 is 1.66 bits per heavy atom. The summed E-state index contributed by atoms with van der Waals surface area (Å²) in [6.07, 6.45) is 4.97. The number of hydrogen-bond donors (Lipinski definition) is 3. The number of hydrogen-bond acceptors (Lipinski definition) is 4. The number of ether oxygens (including phenoxy) is 1. The van der Waals surface area contributed by atoms with Crippen LogP contribution in [0, 0.1) is 11.8 Å². The Morgan fingerprint density at radius 3 is 2.23 bits per heavy atom. The van der Waals surface area contributed by atoms with Gasteiger partial charge in [0.05, 0.1) is 5.92 Å². The van der Waals surface area contributed by atoms with Gasteiger partial charge in [0.15, 0.2) is 0 Å². The lowest BCUT2D eigenvalue weighted by Gasteiger charge is -2.33. The molecule has 0 saturated heterocycles. The lowest BCUT2D eigenvalue weighted by atomic mass is 9.75. The second-order valence-electron chi connectivity index (χ2n) is 9.68. The van der Waals surface area contributed by atoms with Crippen LogP contribution in [0.3, 0.4) is 0 Å². The molecule has 3 aliphatic carbocycles. The second kappa shape index (κ2) is 9.94. The van der Waals surface area contributed by atoms with Crippen molar-refractivity contribution in [2.45, 2.75) is 44.1 Å². The molecule has 0 spiro atoms. The minimum absolute atomic E-state index is 0.0165. The first-order valence-electron chi connectivity index (χ1n) is 12.3. The normalized spacial score (nSPS) is 19.7. The van der Waals surface area contributed by atoms with Crippen molar-refractivity contribution in [2.75, 3.05) is 13.2 Å². The monoisotopic (exact) mass is 474 g/mol. The molecule has 1 fully saturated rings. The van der Waals surface area contributed by atoms with Crippen LogP contribution in [0.15, 0.2) is 60.2 Å². The molecule has 3 N–H and O–H groups in total. The van der Waals surface area contributed by atoms with E-state index in [2.05, 4.69) is 34.9 Å². The molecule has 2 aromatic carbocycles.